The number of carbonyl (C=O) groups excluding carboxylic acids is 2. The summed E-state index contributed by atoms with van der Waals surface area (Å²) in [5, 5.41) is 29.0. The Morgan fingerprint density at radius 1 is 0.976 bits per heavy atom. The highest BCUT2D eigenvalue weighted by Gasteiger charge is 2.23. The zero-order valence-electron chi connectivity index (χ0n) is 22.1. The Hall–Kier alpha value is -5.24. The molecule has 0 radical (unpaired) electrons. The van der Waals surface area contributed by atoms with Gasteiger partial charge in [0.2, 0.25) is 0 Å². The second-order valence-electron chi connectivity index (χ2n) is 9.74. The number of nitriles is 1. The van der Waals surface area contributed by atoms with E-state index >= 15 is 0 Å². The van der Waals surface area contributed by atoms with E-state index in [0.717, 1.165) is 44.5 Å². The fourth-order valence-corrected chi connectivity index (χ4v) is 5.04. The van der Waals surface area contributed by atoms with Crippen LogP contribution in [-0.2, 0) is 17.8 Å². The van der Waals surface area contributed by atoms with Crippen LogP contribution in [0.15, 0.2) is 60.7 Å². The number of nitrogens with one attached hydrogen (secondary N) is 2. The third-order valence-electron chi connectivity index (χ3n) is 6.97. The van der Waals surface area contributed by atoms with Gasteiger partial charge in [0.15, 0.2) is 5.82 Å². The van der Waals surface area contributed by atoms with Crippen LogP contribution >= 0.6 is 0 Å². The molecule has 0 unspecified atom stereocenters. The van der Waals surface area contributed by atoms with Gasteiger partial charge in [0.1, 0.15) is 12.4 Å². The number of anilines is 3. The number of aliphatic carboxylic acids is 1. The number of piperidine rings is 1. The summed E-state index contributed by atoms with van der Waals surface area (Å²) in [7, 11) is 0. The van der Waals surface area contributed by atoms with Gasteiger partial charge >= 0.3 is 5.97 Å². The van der Waals surface area contributed by atoms with Crippen LogP contribution < -0.4 is 15.5 Å². The first kappa shape index (κ1) is 27.3. The van der Waals surface area contributed by atoms with Crippen molar-refractivity contribution in [1.82, 2.24) is 9.78 Å². The van der Waals surface area contributed by atoms with Gasteiger partial charge in [0, 0.05) is 35.4 Å². The molecule has 2 amide bonds. The van der Waals surface area contributed by atoms with E-state index in [2.05, 4.69) is 26.7 Å². The Morgan fingerprint density at radius 3 is 2.51 bits per heavy atom. The van der Waals surface area contributed by atoms with E-state index in [4.69, 9.17) is 0 Å². The highest BCUT2D eigenvalue weighted by Crippen LogP contribution is 2.29. The number of hydrogen-bond acceptors (Lipinski definition) is 6. The number of amides is 2. The second kappa shape index (κ2) is 11.9. The molecule has 0 saturated carbocycles. The molecule has 2 heterocycles. The lowest BCUT2D eigenvalue weighted by atomic mass is 10.0. The number of aromatic nitrogens is 2. The first-order valence-corrected chi connectivity index (χ1v) is 13.2. The van der Waals surface area contributed by atoms with Gasteiger partial charge < -0.3 is 20.6 Å². The number of carbonyl (C=O) groups is 3. The number of para-hydroxylation sites is 1. The van der Waals surface area contributed by atoms with Crippen LogP contribution in [0.1, 0.15) is 45.5 Å². The lowest BCUT2D eigenvalue weighted by molar-refractivity contribution is -0.136. The summed E-state index contributed by atoms with van der Waals surface area (Å²) in [5.74, 6) is -2.54. The Bertz CT molecular complexity index is 1690. The van der Waals surface area contributed by atoms with E-state index in [9.17, 15) is 29.1 Å². The number of benzene rings is 3. The van der Waals surface area contributed by atoms with Crippen molar-refractivity contribution in [2.75, 3.05) is 28.6 Å². The van der Waals surface area contributed by atoms with Crippen molar-refractivity contribution >= 4 is 45.9 Å². The number of hydrogen-bond donors (Lipinski definition) is 3. The number of carboxylic acids is 1. The van der Waals surface area contributed by atoms with Crippen molar-refractivity contribution in [3.63, 3.8) is 0 Å². The fourth-order valence-electron chi connectivity index (χ4n) is 5.04. The smallest absolute Gasteiger partial charge is 0.307 e. The Kier molecular flexibility index (Phi) is 7.92. The van der Waals surface area contributed by atoms with Gasteiger partial charge in [-0.1, -0.05) is 12.1 Å². The van der Waals surface area contributed by atoms with Crippen LogP contribution in [0.5, 0.6) is 0 Å². The molecular formula is C30H27FN6O4. The van der Waals surface area contributed by atoms with Crippen LogP contribution in [0.4, 0.5) is 21.6 Å². The Balaban J connectivity index is 1.49. The molecule has 0 spiro atoms. The summed E-state index contributed by atoms with van der Waals surface area (Å²) < 4.78 is 15.3. The molecule has 1 aliphatic heterocycles. The summed E-state index contributed by atoms with van der Waals surface area (Å²) in [6.45, 7) is 1.54. The molecular weight excluding hydrogens is 527 g/mol. The van der Waals surface area contributed by atoms with Crippen LogP contribution in [0.2, 0.25) is 0 Å². The van der Waals surface area contributed by atoms with Gasteiger partial charge in [0.25, 0.3) is 11.8 Å². The van der Waals surface area contributed by atoms with Crippen LogP contribution in [0.3, 0.4) is 0 Å². The van der Waals surface area contributed by atoms with E-state index in [0.29, 0.717) is 22.4 Å². The minimum absolute atomic E-state index is 0.0122. The molecule has 1 fully saturated rings. The molecule has 1 aromatic heterocycles. The largest absolute Gasteiger partial charge is 0.481 e. The highest BCUT2D eigenvalue weighted by molar-refractivity contribution is 6.13. The van der Waals surface area contributed by atoms with Gasteiger partial charge in [-0.25, -0.2) is 9.07 Å². The zero-order valence-corrected chi connectivity index (χ0v) is 22.1. The molecule has 0 aliphatic carbocycles. The second-order valence-corrected chi connectivity index (χ2v) is 9.74. The number of carboxylic acid groups (broad SMARTS) is 1. The first-order chi connectivity index (χ1) is 19.8. The molecule has 11 heteroatoms. The minimum atomic E-state index is -1.17. The standard InChI is InChI=1S/C30H27FN6O4/c31-21-9-10-24(20(16-21)18-27(38)39)33-29(40)19-8-11-25(36-13-4-1-5-14-36)23(17-19)30(41)34-28-22-6-2-3-7-26(22)37(35-28)15-12-32/h2-3,6-11,16-17H,1,4-5,13-15,18H2,(H,33,40)(H,38,39)(H,34,35,41). The fraction of sp³-hybridized carbons (Fsp3) is 0.233. The van der Waals surface area contributed by atoms with E-state index in [1.54, 1.807) is 18.2 Å². The molecule has 208 valence electrons. The lowest BCUT2D eigenvalue weighted by Gasteiger charge is -2.30. The maximum absolute atomic E-state index is 13.8. The lowest BCUT2D eigenvalue weighted by Crippen LogP contribution is -2.31. The third kappa shape index (κ3) is 6.01. The average molecular weight is 555 g/mol. The summed E-state index contributed by atoms with van der Waals surface area (Å²) in [6.07, 6.45) is 2.57. The van der Waals surface area contributed by atoms with E-state index in [1.165, 1.54) is 16.8 Å². The minimum Gasteiger partial charge on any atom is -0.481 e. The van der Waals surface area contributed by atoms with E-state index in [-0.39, 0.29) is 28.9 Å². The summed E-state index contributed by atoms with van der Waals surface area (Å²) in [4.78, 5) is 40.4. The summed E-state index contributed by atoms with van der Waals surface area (Å²) >= 11 is 0. The number of rotatable bonds is 8. The van der Waals surface area contributed by atoms with Crippen LogP contribution in [0, 0.1) is 17.1 Å². The Labute approximate surface area is 235 Å². The van der Waals surface area contributed by atoms with Gasteiger partial charge in [-0.3, -0.25) is 14.4 Å². The van der Waals surface area contributed by atoms with Gasteiger partial charge in [0.05, 0.1) is 23.6 Å². The number of fused-ring (bicyclic) bond motifs is 1. The Morgan fingerprint density at radius 2 is 1.76 bits per heavy atom. The number of nitrogens with zero attached hydrogens (tertiary/aromatic N) is 4. The monoisotopic (exact) mass is 554 g/mol. The van der Waals surface area contributed by atoms with Crippen molar-refractivity contribution in [1.29, 1.82) is 5.26 Å². The van der Waals surface area contributed by atoms with Gasteiger partial charge in [-0.2, -0.15) is 10.4 Å². The molecule has 0 bridgehead atoms. The molecule has 4 aromatic rings. The maximum Gasteiger partial charge on any atom is 0.307 e. The summed E-state index contributed by atoms with van der Waals surface area (Å²) in [5.41, 5.74) is 2.09. The molecule has 1 aliphatic rings. The maximum atomic E-state index is 13.8. The van der Waals surface area contributed by atoms with Crippen LogP contribution in [-0.4, -0.2) is 45.8 Å². The SMILES string of the molecule is N#CCn1nc(NC(=O)c2cc(C(=O)Nc3ccc(F)cc3CC(=O)O)ccc2N2CCCCC2)c2ccccc21. The highest BCUT2D eigenvalue weighted by atomic mass is 19.1. The molecule has 1 saturated heterocycles. The molecule has 0 atom stereocenters. The average Bonchev–Trinajstić information content (AvgIpc) is 3.31. The van der Waals surface area contributed by atoms with Crippen molar-refractivity contribution < 1.29 is 23.9 Å². The summed E-state index contributed by atoms with van der Waals surface area (Å²) in [6, 6.07) is 17.7. The predicted octanol–water partition coefficient (Wildman–Crippen LogP) is 4.82. The van der Waals surface area contributed by atoms with E-state index in [1.807, 2.05) is 18.2 Å². The van der Waals surface area contributed by atoms with Gasteiger partial charge in [-0.15, -0.1) is 0 Å². The zero-order chi connectivity index (χ0) is 28.9. The first-order valence-electron chi connectivity index (χ1n) is 13.2. The normalized spacial score (nSPS) is 13.0. The van der Waals surface area contributed by atoms with Crippen LogP contribution in [0.25, 0.3) is 10.9 Å². The predicted molar refractivity (Wildman–Crippen MR) is 151 cm³/mol. The van der Waals surface area contributed by atoms with Crippen molar-refractivity contribution in [3.05, 3.63) is 83.2 Å². The molecule has 5 rings (SSSR count). The van der Waals surface area contributed by atoms with Crippen molar-refractivity contribution in [2.24, 2.45) is 0 Å². The molecule has 3 N–H and O–H groups in total. The molecule has 10 nitrogen and oxygen atoms in total. The topological polar surface area (TPSA) is 140 Å². The van der Waals surface area contributed by atoms with Crippen molar-refractivity contribution in [3.8, 4) is 6.07 Å². The third-order valence-corrected chi connectivity index (χ3v) is 6.97. The van der Waals surface area contributed by atoms with Crippen molar-refractivity contribution in [2.45, 2.75) is 32.2 Å². The molecule has 41 heavy (non-hydrogen) atoms. The quantitative estimate of drug-likeness (QED) is 0.284. The van der Waals surface area contributed by atoms with Gasteiger partial charge in [-0.05, 0) is 73.4 Å². The number of halogens is 1. The molecule has 3 aromatic carbocycles. The van der Waals surface area contributed by atoms with E-state index < -0.39 is 30.0 Å².